The van der Waals surface area contributed by atoms with Gasteiger partial charge in [0, 0.05) is 30.1 Å². The van der Waals surface area contributed by atoms with Gasteiger partial charge < -0.3 is 14.7 Å². The number of carbonyl (C=O) groups excluding carboxylic acids is 1. The average Bonchev–Trinajstić information content (AvgIpc) is 3.06. The van der Waals surface area contributed by atoms with Crippen molar-refractivity contribution in [1.29, 1.82) is 0 Å². The van der Waals surface area contributed by atoms with Crippen LogP contribution < -0.4 is 19.7 Å². The monoisotopic (exact) mass is 611 g/mol. The lowest BCUT2D eigenvalue weighted by molar-refractivity contribution is -0.129. The van der Waals surface area contributed by atoms with Crippen molar-refractivity contribution < 1.29 is 23.1 Å². The molecule has 224 valence electrons. The molecule has 1 amide bonds. The molecule has 7 rings (SSSR count). The van der Waals surface area contributed by atoms with Crippen molar-refractivity contribution in [3.8, 4) is 5.75 Å². The van der Waals surface area contributed by atoms with Crippen LogP contribution in [-0.4, -0.2) is 57.3 Å². The zero-order valence-corrected chi connectivity index (χ0v) is 25.2. The highest BCUT2D eigenvalue weighted by molar-refractivity contribution is 7.90. The number of nitrogens with zero attached hydrogens (tertiary/aromatic N) is 1. The number of aryl methyl sites for hydroxylation is 1. The second kappa shape index (κ2) is 10.5. The summed E-state index contributed by atoms with van der Waals surface area (Å²) in [6, 6.07) is 11.0. The minimum Gasteiger partial charge on any atom is -0.490 e. The molecule has 2 saturated carbocycles. The minimum absolute atomic E-state index is 0.0432. The average molecular weight is 612 g/mol. The molecular weight excluding hydrogens is 574 g/mol. The van der Waals surface area contributed by atoms with Crippen LogP contribution in [0.1, 0.15) is 56.1 Å². The van der Waals surface area contributed by atoms with Gasteiger partial charge in [0.1, 0.15) is 5.75 Å². The Morgan fingerprint density at radius 3 is 2.69 bits per heavy atom. The SMILES string of the molecule is O=C1NS(=O)(=O)c2ccc3c(c2)N(C[C@@H]2CC[C@H]2[C@@H](O)/C=C/CNC12CCC2)C[C@@]1(CCCc2cc(Cl)ccc21)CO3. The lowest BCUT2D eigenvalue weighted by Crippen LogP contribution is -2.62. The third-order valence-corrected chi connectivity index (χ3v) is 12.0. The number of benzene rings is 2. The Morgan fingerprint density at radius 2 is 1.93 bits per heavy atom. The van der Waals surface area contributed by atoms with Crippen LogP contribution in [0.3, 0.4) is 0 Å². The van der Waals surface area contributed by atoms with Crippen molar-refractivity contribution >= 4 is 33.2 Å². The molecule has 42 heavy (non-hydrogen) atoms. The van der Waals surface area contributed by atoms with Gasteiger partial charge >= 0.3 is 0 Å². The number of anilines is 1. The summed E-state index contributed by atoms with van der Waals surface area (Å²) in [5, 5.41) is 15.1. The molecule has 5 aliphatic rings. The second-order valence-electron chi connectivity index (χ2n) is 12.9. The van der Waals surface area contributed by atoms with Crippen LogP contribution >= 0.6 is 11.6 Å². The summed E-state index contributed by atoms with van der Waals surface area (Å²) in [5.74, 6) is 0.462. The lowest BCUT2D eigenvalue weighted by Gasteiger charge is -2.45. The Morgan fingerprint density at radius 1 is 1.07 bits per heavy atom. The van der Waals surface area contributed by atoms with Crippen molar-refractivity contribution in [2.24, 2.45) is 11.8 Å². The van der Waals surface area contributed by atoms with E-state index in [2.05, 4.69) is 27.1 Å². The van der Waals surface area contributed by atoms with Gasteiger partial charge in [0.2, 0.25) is 0 Å². The van der Waals surface area contributed by atoms with Gasteiger partial charge in [0.15, 0.2) is 0 Å². The van der Waals surface area contributed by atoms with Gasteiger partial charge in [0.25, 0.3) is 15.9 Å². The van der Waals surface area contributed by atoms with E-state index in [0.717, 1.165) is 43.5 Å². The Balaban J connectivity index is 1.31. The quantitative estimate of drug-likeness (QED) is 0.385. The molecule has 2 heterocycles. The first-order valence-corrected chi connectivity index (χ1v) is 17.0. The maximum absolute atomic E-state index is 13.6. The number of aliphatic hydroxyl groups is 1. The van der Waals surface area contributed by atoms with Crippen LogP contribution in [-0.2, 0) is 26.7 Å². The number of halogens is 1. The summed E-state index contributed by atoms with van der Waals surface area (Å²) < 4.78 is 36.1. The summed E-state index contributed by atoms with van der Waals surface area (Å²) in [4.78, 5) is 15.6. The van der Waals surface area contributed by atoms with Crippen LogP contribution in [0.5, 0.6) is 5.75 Å². The van der Waals surface area contributed by atoms with E-state index in [1.54, 1.807) is 12.1 Å². The smallest absolute Gasteiger partial charge is 0.264 e. The number of hydrogen-bond donors (Lipinski definition) is 3. The topological polar surface area (TPSA) is 108 Å². The fourth-order valence-corrected chi connectivity index (χ4v) is 8.98. The van der Waals surface area contributed by atoms with Crippen molar-refractivity contribution in [2.45, 2.75) is 73.3 Å². The second-order valence-corrected chi connectivity index (χ2v) is 15.0. The highest BCUT2D eigenvalue weighted by Gasteiger charge is 2.46. The molecule has 0 radical (unpaired) electrons. The maximum atomic E-state index is 13.6. The molecule has 3 aliphatic carbocycles. The zero-order chi connectivity index (χ0) is 29.1. The molecule has 2 aromatic rings. The van der Waals surface area contributed by atoms with Crippen LogP contribution in [0, 0.1) is 11.8 Å². The number of nitrogens with one attached hydrogen (secondary N) is 2. The largest absolute Gasteiger partial charge is 0.490 e. The van der Waals surface area contributed by atoms with Gasteiger partial charge in [0.05, 0.1) is 28.8 Å². The number of aliphatic hydroxyl groups excluding tert-OH is 1. The molecule has 0 saturated heterocycles. The summed E-state index contributed by atoms with van der Waals surface area (Å²) in [7, 11) is -4.12. The summed E-state index contributed by atoms with van der Waals surface area (Å²) in [6.45, 7) is 2.19. The predicted octanol–water partition coefficient (Wildman–Crippen LogP) is 4.09. The van der Waals surface area contributed by atoms with E-state index in [-0.39, 0.29) is 22.1 Å². The highest BCUT2D eigenvalue weighted by atomic mass is 35.5. The normalized spacial score (nSPS) is 32.3. The Kier molecular flexibility index (Phi) is 7.08. The molecule has 10 heteroatoms. The van der Waals surface area contributed by atoms with Gasteiger partial charge in [-0.05, 0) is 105 Å². The van der Waals surface area contributed by atoms with E-state index in [1.807, 2.05) is 18.2 Å². The standard InChI is InChI=1S/C32H38ClN3O5S/c33-23-7-10-26-21(16-23)4-1-12-31(26)19-36-18-22-6-9-25(22)28(37)5-2-15-34-32(13-3-14-32)30(38)35-42(39,40)24-8-11-29(41-20-31)27(36)17-24/h2,5,7-8,10-11,16-17,22,25,28,34,37H,1,3-4,6,9,12-15,18-20H2,(H,35,38)/b5-2+/t22-,25+,28-,31-/m0/s1. The Labute approximate surface area is 252 Å². The molecule has 8 nitrogen and oxygen atoms in total. The molecule has 4 atom stereocenters. The van der Waals surface area contributed by atoms with Gasteiger partial charge in [-0.25, -0.2) is 13.1 Å². The molecule has 0 unspecified atom stereocenters. The summed E-state index contributed by atoms with van der Waals surface area (Å²) >= 11 is 6.38. The number of fused-ring (bicyclic) bond motifs is 4. The highest BCUT2D eigenvalue weighted by Crippen LogP contribution is 2.47. The van der Waals surface area contributed by atoms with Crippen LogP contribution in [0.15, 0.2) is 53.4 Å². The van der Waals surface area contributed by atoms with Gasteiger partial charge in [-0.3, -0.25) is 10.1 Å². The fourth-order valence-electron chi connectivity index (χ4n) is 7.71. The predicted molar refractivity (Wildman–Crippen MR) is 161 cm³/mol. The minimum atomic E-state index is -4.12. The third-order valence-electron chi connectivity index (χ3n) is 10.4. The summed E-state index contributed by atoms with van der Waals surface area (Å²) in [5.41, 5.74) is 1.98. The fraction of sp³-hybridized carbons (Fsp3) is 0.531. The van der Waals surface area contributed by atoms with Gasteiger partial charge in [-0.15, -0.1) is 0 Å². The van der Waals surface area contributed by atoms with E-state index >= 15 is 0 Å². The van der Waals surface area contributed by atoms with Gasteiger partial charge in [-0.1, -0.05) is 29.8 Å². The molecule has 2 aliphatic heterocycles. The molecule has 0 aromatic heterocycles. The van der Waals surface area contributed by atoms with Crippen LogP contribution in [0.2, 0.25) is 5.02 Å². The van der Waals surface area contributed by atoms with Crippen LogP contribution in [0.25, 0.3) is 0 Å². The number of hydrogen-bond acceptors (Lipinski definition) is 7. The molecule has 3 N–H and O–H groups in total. The molecule has 2 bridgehead atoms. The number of amides is 1. The molecule has 2 aromatic carbocycles. The molecule has 2 spiro atoms. The summed E-state index contributed by atoms with van der Waals surface area (Å²) in [6.07, 6.45) is 9.96. The molecular formula is C32H38ClN3O5S. The first kappa shape index (κ1) is 28.2. The van der Waals surface area contributed by atoms with Crippen molar-refractivity contribution in [3.05, 3.63) is 64.7 Å². The Bertz CT molecular complexity index is 1540. The van der Waals surface area contributed by atoms with Crippen molar-refractivity contribution in [1.82, 2.24) is 10.0 Å². The van der Waals surface area contributed by atoms with E-state index in [4.69, 9.17) is 16.3 Å². The number of rotatable bonds is 0. The van der Waals surface area contributed by atoms with E-state index in [1.165, 1.54) is 17.2 Å². The lowest BCUT2D eigenvalue weighted by atomic mass is 9.68. The number of carbonyl (C=O) groups is 1. The Hall–Kier alpha value is -2.59. The van der Waals surface area contributed by atoms with Gasteiger partial charge in [-0.2, -0.15) is 0 Å². The third kappa shape index (κ3) is 4.82. The number of sulfonamides is 1. The maximum Gasteiger partial charge on any atom is 0.264 e. The van der Waals surface area contributed by atoms with Crippen molar-refractivity contribution in [2.75, 3.05) is 31.1 Å². The van der Waals surface area contributed by atoms with E-state index in [9.17, 15) is 18.3 Å². The van der Waals surface area contributed by atoms with Crippen LogP contribution in [0.4, 0.5) is 5.69 Å². The zero-order valence-electron chi connectivity index (χ0n) is 23.6. The number of ether oxygens (including phenoxy) is 1. The molecule has 2 fully saturated rings. The van der Waals surface area contributed by atoms with E-state index in [0.29, 0.717) is 50.5 Å². The van der Waals surface area contributed by atoms with E-state index < -0.39 is 27.6 Å². The first-order valence-electron chi connectivity index (χ1n) is 15.2. The van der Waals surface area contributed by atoms with Crippen molar-refractivity contribution in [3.63, 3.8) is 0 Å². The first-order chi connectivity index (χ1) is 20.2.